The summed E-state index contributed by atoms with van der Waals surface area (Å²) in [7, 11) is 0. The molecule has 0 unspecified atom stereocenters. The SMILES string of the molecule is CCCCCCCCCc1cc2ccc(OCCCCCCCC)c(F)c2c(=O)o1. The van der Waals surface area contributed by atoms with Gasteiger partial charge in [-0.25, -0.2) is 9.18 Å². The third-order valence-corrected chi connectivity index (χ3v) is 5.67. The normalized spacial score (nSPS) is 11.3. The Morgan fingerprint density at radius 3 is 2.10 bits per heavy atom. The number of ether oxygens (including phenoxy) is 1. The molecule has 1 heterocycles. The second-order valence-electron chi connectivity index (χ2n) is 8.33. The Hall–Kier alpha value is -1.84. The Kier molecular flexibility index (Phi) is 11.6. The van der Waals surface area contributed by atoms with E-state index < -0.39 is 11.4 Å². The van der Waals surface area contributed by atoms with Crippen molar-refractivity contribution in [3.63, 3.8) is 0 Å². The van der Waals surface area contributed by atoms with Gasteiger partial charge in [0.15, 0.2) is 11.6 Å². The summed E-state index contributed by atoms with van der Waals surface area (Å²) in [5.74, 6) is 0.180. The zero-order valence-corrected chi connectivity index (χ0v) is 18.9. The molecule has 1 aromatic carbocycles. The van der Waals surface area contributed by atoms with Gasteiger partial charge in [0.2, 0.25) is 0 Å². The van der Waals surface area contributed by atoms with Crippen LogP contribution >= 0.6 is 0 Å². The average Bonchev–Trinajstić information content (AvgIpc) is 2.73. The lowest BCUT2D eigenvalue weighted by atomic mass is 10.1. The average molecular weight is 419 g/mol. The number of hydrogen-bond acceptors (Lipinski definition) is 3. The summed E-state index contributed by atoms with van der Waals surface area (Å²) in [5, 5.41) is 0.590. The molecule has 2 rings (SSSR count). The Morgan fingerprint density at radius 2 is 1.43 bits per heavy atom. The number of benzene rings is 1. The van der Waals surface area contributed by atoms with Crippen LogP contribution in [0.5, 0.6) is 5.75 Å². The number of rotatable bonds is 16. The summed E-state index contributed by atoms with van der Waals surface area (Å²) >= 11 is 0. The van der Waals surface area contributed by atoms with Gasteiger partial charge in [-0.2, -0.15) is 0 Å². The van der Waals surface area contributed by atoms with Crippen LogP contribution in [0.15, 0.2) is 27.4 Å². The van der Waals surface area contributed by atoms with Crippen molar-refractivity contribution >= 4 is 10.8 Å². The summed E-state index contributed by atoms with van der Waals surface area (Å²) in [6.07, 6.45) is 16.1. The van der Waals surface area contributed by atoms with Crippen molar-refractivity contribution in [1.29, 1.82) is 0 Å². The monoisotopic (exact) mass is 418 g/mol. The van der Waals surface area contributed by atoms with E-state index in [0.717, 1.165) is 32.1 Å². The van der Waals surface area contributed by atoms with E-state index in [1.165, 1.54) is 57.8 Å². The lowest BCUT2D eigenvalue weighted by Gasteiger charge is -2.09. The van der Waals surface area contributed by atoms with Crippen LogP contribution in [0, 0.1) is 5.82 Å². The summed E-state index contributed by atoms with van der Waals surface area (Å²) in [6.45, 7) is 4.88. The molecular formula is C26H39FO3. The Morgan fingerprint density at radius 1 is 0.833 bits per heavy atom. The first-order valence-electron chi connectivity index (χ1n) is 12.0. The van der Waals surface area contributed by atoms with Crippen molar-refractivity contribution in [3.8, 4) is 5.75 Å². The van der Waals surface area contributed by atoms with E-state index >= 15 is 0 Å². The van der Waals surface area contributed by atoms with Gasteiger partial charge in [0.1, 0.15) is 11.1 Å². The molecule has 2 aromatic rings. The largest absolute Gasteiger partial charge is 0.490 e. The minimum atomic E-state index is -0.604. The highest BCUT2D eigenvalue weighted by Gasteiger charge is 2.14. The van der Waals surface area contributed by atoms with Crippen molar-refractivity contribution in [2.45, 2.75) is 104 Å². The highest BCUT2D eigenvalue weighted by molar-refractivity contribution is 5.83. The molecule has 1 aromatic heterocycles. The molecular weight excluding hydrogens is 379 g/mol. The number of aryl methyl sites for hydroxylation is 1. The molecule has 168 valence electrons. The molecule has 0 aliphatic carbocycles. The smallest absolute Gasteiger partial charge is 0.346 e. The predicted molar refractivity (Wildman–Crippen MR) is 123 cm³/mol. The minimum absolute atomic E-state index is 0.00115. The predicted octanol–water partition coefficient (Wildman–Crippen LogP) is 7.96. The molecule has 0 amide bonds. The maximum Gasteiger partial charge on any atom is 0.346 e. The summed E-state index contributed by atoms with van der Waals surface area (Å²) < 4.78 is 25.8. The number of unbranched alkanes of at least 4 members (excludes halogenated alkanes) is 11. The molecule has 3 nitrogen and oxygen atoms in total. The van der Waals surface area contributed by atoms with Gasteiger partial charge in [0, 0.05) is 6.42 Å². The van der Waals surface area contributed by atoms with Crippen LogP contribution in [-0.4, -0.2) is 6.61 Å². The zero-order valence-electron chi connectivity index (χ0n) is 18.9. The molecule has 4 heteroatoms. The summed E-state index contributed by atoms with van der Waals surface area (Å²) in [6, 6.07) is 5.19. The van der Waals surface area contributed by atoms with Crippen LogP contribution in [0.3, 0.4) is 0 Å². The van der Waals surface area contributed by atoms with E-state index in [9.17, 15) is 9.18 Å². The van der Waals surface area contributed by atoms with E-state index in [-0.39, 0.29) is 11.1 Å². The highest BCUT2D eigenvalue weighted by atomic mass is 19.1. The molecule has 0 spiro atoms. The van der Waals surface area contributed by atoms with Crippen molar-refractivity contribution < 1.29 is 13.5 Å². The molecule has 0 saturated carbocycles. The van der Waals surface area contributed by atoms with E-state index in [4.69, 9.17) is 9.15 Å². The van der Waals surface area contributed by atoms with Crippen molar-refractivity contribution in [2.24, 2.45) is 0 Å². The summed E-state index contributed by atoms with van der Waals surface area (Å²) in [4.78, 5) is 12.4. The third-order valence-electron chi connectivity index (χ3n) is 5.67. The van der Waals surface area contributed by atoms with E-state index in [1.54, 1.807) is 18.2 Å². The molecule has 0 fully saturated rings. The molecule has 0 aliphatic rings. The van der Waals surface area contributed by atoms with Gasteiger partial charge in [0.05, 0.1) is 6.61 Å². The van der Waals surface area contributed by atoms with E-state index in [2.05, 4.69) is 13.8 Å². The molecule has 0 saturated heterocycles. The lowest BCUT2D eigenvalue weighted by Crippen LogP contribution is -2.07. The molecule has 0 atom stereocenters. The first-order valence-corrected chi connectivity index (χ1v) is 12.0. The van der Waals surface area contributed by atoms with Gasteiger partial charge >= 0.3 is 5.63 Å². The number of halogens is 1. The maximum atomic E-state index is 14.8. The van der Waals surface area contributed by atoms with E-state index in [0.29, 0.717) is 17.8 Å². The maximum absolute atomic E-state index is 14.8. The molecule has 0 bridgehead atoms. The van der Waals surface area contributed by atoms with Crippen LogP contribution in [-0.2, 0) is 6.42 Å². The van der Waals surface area contributed by atoms with Gasteiger partial charge < -0.3 is 9.15 Å². The lowest BCUT2D eigenvalue weighted by molar-refractivity contribution is 0.291. The fraction of sp³-hybridized carbons (Fsp3) is 0.654. The van der Waals surface area contributed by atoms with Gasteiger partial charge in [0.25, 0.3) is 0 Å². The number of fused-ring (bicyclic) bond motifs is 1. The van der Waals surface area contributed by atoms with Crippen molar-refractivity contribution in [1.82, 2.24) is 0 Å². The van der Waals surface area contributed by atoms with Crippen molar-refractivity contribution in [3.05, 3.63) is 40.2 Å². The van der Waals surface area contributed by atoms with Gasteiger partial charge in [-0.05, 0) is 30.4 Å². The third kappa shape index (κ3) is 8.12. The number of hydrogen-bond donors (Lipinski definition) is 0. The Bertz CT molecular complexity index is 797. The first kappa shape index (κ1) is 24.4. The fourth-order valence-electron chi connectivity index (χ4n) is 3.83. The topological polar surface area (TPSA) is 39.4 Å². The van der Waals surface area contributed by atoms with Crippen LogP contribution in [0.4, 0.5) is 4.39 Å². The van der Waals surface area contributed by atoms with Gasteiger partial charge in [-0.15, -0.1) is 0 Å². The summed E-state index contributed by atoms with van der Waals surface area (Å²) in [5.41, 5.74) is -0.604. The second-order valence-corrected chi connectivity index (χ2v) is 8.33. The molecule has 0 N–H and O–H groups in total. The molecule has 0 aliphatic heterocycles. The molecule has 30 heavy (non-hydrogen) atoms. The second kappa shape index (κ2) is 14.2. The standard InChI is InChI=1S/C26H39FO3/c1-3-5-7-9-11-12-14-16-22-20-21-17-18-23(25(27)24(21)26(28)30-22)29-19-15-13-10-8-6-4-2/h17-18,20H,3-16,19H2,1-2H3. The van der Waals surface area contributed by atoms with Crippen molar-refractivity contribution in [2.75, 3.05) is 6.61 Å². The van der Waals surface area contributed by atoms with Gasteiger partial charge in [-0.3, -0.25) is 0 Å². The van der Waals surface area contributed by atoms with Crippen LogP contribution in [0.1, 0.15) is 103 Å². The van der Waals surface area contributed by atoms with Crippen LogP contribution < -0.4 is 10.4 Å². The Labute approximate surface area is 181 Å². The Balaban J connectivity index is 1.87. The van der Waals surface area contributed by atoms with E-state index in [1.807, 2.05) is 0 Å². The highest BCUT2D eigenvalue weighted by Crippen LogP contribution is 2.25. The van der Waals surface area contributed by atoms with Crippen LogP contribution in [0.25, 0.3) is 10.8 Å². The quantitative estimate of drug-likeness (QED) is 0.260. The van der Waals surface area contributed by atoms with Crippen LogP contribution in [0.2, 0.25) is 0 Å². The minimum Gasteiger partial charge on any atom is -0.490 e. The first-order chi connectivity index (χ1) is 14.7. The van der Waals surface area contributed by atoms with Gasteiger partial charge in [-0.1, -0.05) is 90.5 Å². The fourth-order valence-corrected chi connectivity index (χ4v) is 3.83. The zero-order chi connectivity index (χ0) is 21.6. The molecule has 0 radical (unpaired) electrons.